The number of hydrogen-bond donors (Lipinski definition) is 2. The maximum atomic E-state index is 11.6. The zero-order valence-electron chi connectivity index (χ0n) is 12.2. The molecule has 1 unspecified atom stereocenters. The minimum Gasteiger partial charge on any atom is -0.481 e. The topological polar surface area (TPSA) is 66.8 Å². The average molecular weight is 272 g/mol. The molecule has 19 heavy (non-hydrogen) atoms. The minimum absolute atomic E-state index is 0.240. The highest BCUT2D eigenvalue weighted by molar-refractivity contribution is 5.74. The van der Waals surface area contributed by atoms with E-state index in [0.29, 0.717) is 31.8 Å². The van der Waals surface area contributed by atoms with Crippen LogP contribution in [0.1, 0.15) is 58.8 Å². The van der Waals surface area contributed by atoms with Gasteiger partial charge in [-0.2, -0.15) is 0 Å². The predicted molar refractivity (Wildman–Crippen MR) is 74.1 cm³/mol. The Balaban J connectivity index is 2.55. The number of aliphatic hydroxyl groups excluding tert-OH is 1. The smallest absolute Gasteiger partial charge is 0.309 e. The Kier molecular flexibility index (Phi) is 6.80. The summed E-state index contributed by atoms with van der Waals surface area (Å²) < 4.78 is 5.18. The third-order valence-electron chi connectivity index (χ3n) is 4.35. The molecule has 0 spiro atoms. The third kappa shape index (κ3) is 4.77. The monoisotopic (exact) mass is 272 g/mol. The molecule has 4 heteroatoms. The van der Waals surface area contributed by atoms with Crippen LogP contribution in [-0.2, 0) is 9.53 Å². The summed E-state index contributed by atoms with van der Waals surface area (Å²) in [6.07, 6.45) is 5.34. The highest BCUT2D eigenvalue weighted by Crippen LogP contribution is 2.43. The summed E-state index contributed by atoms with van der Waals surface area (Å²) in [5.74, 6) is -0.0838. The van der Waals surface area contributed by atoms with E-state index < -0.39 is 17.5 Å². The molecule has 0 amide bonds. The molecular weight excluding hydrogens is 244 g/mol. The van der Waals surface area contributed by atoms with Crippen LogP contribution in [0.5, 0.6) is 0 Å². The lowest BCUT2D eigenvalue weighted by Gasteiger charge is -2.38. The van der Waals surface area contributed by atoms with Crippen molar-refractivity contribution in [1.29, 1.82) is 0 Å². The summed E-state index contributed by atoms with van der Waals surface area (Å²) in [5, 5.41) is 19.5. The molecule has 0 aromatic heterocycles. The number of carboxylic acids is 1. The van der Waals surface area contributed by atoms with Gasteiger partial charge in [-0.25, -0.2) is 0 Å². The van der Waals surface area contributed by atoms with Crippen molar-refractivity contribution in [2.45, 2.75) is 64.9 Å². The van der Waals surface area contributed by atoms with Gasteiger partial charge in [0, 0.05) is 6.61 Å². The number of carbonyl (C=O) groups is 1. The quantitative estimate of drug-likeness (QED) is 0.713. The Morgan fingerprint density at radius 3 is 2.47 bits per heavy atom. The number of hydrogen-bond acceptors (Lipinski definition) is 3. The van der Waals surface area contributed by atoms with Crippen LogP contribution < -0.4 is 0 Å². The molecule has 0 aromatic carbocycles. The largest absolute Gasteiger partial charge is 0.481 e. The van der Waals surface area contributed by atoms with Crippen LogP contribution in [0.3, 0.4) is 0 Å². The second-order valence-electron chi connectivity index (χ2n) is 5.83. The van der Waals surface area contributed by atoms with Crippen molar-refractivity contribution in [2.24, 2.45) is 11.3 Å². The lowest BCUT2D eigenvalue weighted by molar-refractivity contribution is -0.155. The molecule has 0 radical (unpaired) electrons. The van der Waals surface area contributed by atoms with Crippen LogP contribution in [-0.4, -0.2) is 35.5 Å². The lowest BCUT2D eigenvalue weighted by atomic mass is 9.67. The number of carboxylic acid groups (broad SMARTS) is 1. The third-order valence-corrected chi connectivity index (χ3v) is 4.35. The van der Waals surface area contributed by atoms with Gasteiger partial charge in [-0.1, -0.05) is 19.8 Å². The first kappa shape index (κ1) is 16.4. The van der Waals surface area contributed by atoms with Gasteiger partial charge in [-0.05, 0) is 44.9 Å². The minimum atomic E-state index is -0.752. The van der Waals surface area contributed by atoms with Gasteiger partial charge in [0.1, 0.15) is 0 Å². The van der Waals surface area contributed by atoms with Crippen molar-refractivity contribution in [3.8, 4) is 0 Å². The zero-order valence-corrected chi connectivity index (χ0v) is 12.2. The van der Waals surface area contributed by atoms with Crippen molar-refractivity contribution in [3.63, 3.8) is 0 Å². The fourth-order valence-corrected chi connectivity index (χ4v) is 3.20. The van der Waals surface area contributed by atoms with E-state index in [2.05, 4.69) is 6.92 Å². The Labute approximate surface area is 116 Å². The van der Waals surface area contributed by atoms with Crippen molar-refractivity contribution in [2.75, 3.05) is 13.2 Å². The van der Waals surface area contributed by atoms with Crippen molar-refractivity contribution >= 4 is 5.97 Å². The number of aliphatic carboxylic acids is 1. The highest BCUT2D eigenvalue weighted by Gasteiger charge is 2.43. The number of ether oxygens (including phenoxy) is 1. The van der Waals surface area contributed by atoms with E-state index in [1.165, 1.54) is 6.42 Å². The number of rotatable bonds is 8. The average Bonchev–Trinajstić information content (AvgIpc) is 2.39. The summed E-state index contributed by atoms with van der Waals surface area (Å²) >= 11 is 0. The summed E-state index contributed by atoms with van der Waals surface area (Å²) in [6.45, 7) is 4.83. The van der Waals surface area contributed by atoms with Crippen LogP contribution in [0.25, 0.3) is 0 Å². The molecule has 0 aliphatic heterocycles. The first-order valence-corrected chi connectivity index (χ1v) is 7.53. The van der Waals surface area contributed by atoms with E-state index in [1.54, 1.807) is 0 Å². The van der Waals surface area contributed by atoms with Crippen LogP contribution >= 0.6 is 0 Å². The van der Waals surface area contributed by atoms with E-state index in [4.69, 9.17) is 4.74 Å². The SMILES string of the molecule is CCCC1CCC(CC(O)COCC)(C(=O)O)CC1. The molecule has 1 saturated carbocycles. The normalized spacial score (nSPS) is 29.1. The summed E-state index contributed by atoms with van der Waals surface area (Å²) in [7, 11) is 0. The Morgan fingerprint density at radius 2 is 2.00 bits per heavy atom. The van der Waals surface area contributed by atoms with Crippen LogP contribution in [0.2, 0.25) is 0 Å². The van der Waals surface area contributed by atoms with Crippen molar-refractivity contribution in [3.05, 3.63) is 0 Å². The van der Waals surface area contributed by atoms with Crippen LogP contribution in [0.15, 0.2) is 0 Å². The fraction of sp³-hybridized carbons (Fsp3) is 0.933. The van der Waals surface area contributed by atoms with Crippen molar-refractivity contribution < 1.29 is 19.7 Å². The van der Waals surface area contributed by atoms with E-state index in [0.717, 1.165) is 19.3 Å². The van der Waals surface area contributed by atoms with Gasteiger partial charge in [-0.15, -0.1) is 0 Å². The second-order valence-corrected chi connectivity index (χ2v) is 5.83. The number of aliphatic hydroxyl groups is 1. The molecule has 1 fully saturated rings. The Bertz CT molecular complexity index is 269. The summed E-state index contributed by atoms with van der Waals surface area (Å²) in [6, 6.07) is 0. The molecular formula is C15H28O4. The van der Waals surface area contributed by atoms with E-state index in [-0.39, 0.29) is 6.61 Å². The highest BCUT2D eigenvalue weighted by atomic mass is 16.5. The standard InChI is InChI=1S/C15H28O4/c1-3-5-12-6-8-15(9-7-12,14(17)18)10-13(16)11-19-4-2/h12-13,16H,3-11H2,1-2H3,(H,17,18). The van der Waals surface area contributed by atoms with E-state index in [1.807, 2.05) is 6.92 Å². The maximum absolute atomic E-state index is 11.6. The van der Waals surface area contributed by atoms with Gasteiger partial charge in [-0.3, -0.25) is 4.79 Å². The van der Waals surface area contributed by atoms with Gasteiger partial charge in [0.05, 0.1) is 18.1 Å². The molecule has 112 valence electrons. The van der Waals surface area contributed by atoms with Crippen molar-refractivity contribution in [1.82, 2.24) is 0 Å². The van der Waals surface area contributed by atoms with Crippen LogP contribution in [0, 0.1) is 11.3 Å². The zero-order chi connectivity index (χ0) is 14.3. The molecule has 2 N–H and O–H groups in total. The van der Waals surface area contributed by atoms with E-state index in [9.17, 15) is 15.0 Å². The van der Waals surface area contributed by atoms with Gasteiger partial charge >= 0.3 is 5.97 Å². The summed E-state index contributed by atoms with van der Waals surface area (Å²) in [4.78, 5) is 11.6. The van der Waals surface area contributed by atoms with Gasteiger partial charge < -0.3 is 14.9 Å². The molecule has 0 aromatic rings. The van der Waals surface area contributed by atoms with Gasteiger partial charge in [0.15, 0.2) is 0 Å². The predicted octanol–water partition coefficient (Wildman–Crippen LogP) is 2.84. The first-order chi connectivity index (χ1) is 9.04. The lowest BCUT2D eigenvalue weighted by Crippen LogP contribution is -2.39. The van der Waals surface area contributed by atoms with Gasteiger partial charge in [0.2, 0.25) is 0 Å². The molecule has 0 saturated heterocycles. The molecule has 4 nitrogen and oxygen atoms in total. The fourth-order valence-electron chi connectivity index (χ4n) is 3.20. The molecule has 1 atom stereocenters. The van der Waals surface area contributed by atoms with E-state index >= 15 is 0 Å². The summed E-state index contributed by atoms with van der Waals surface area (Å²) in [5.41, 5.74) is -0.735. The first-order valence-electron chi connectivity index (χ1n) is 7.53. The molecule has 0 bridgehead atoms. The van der Waals surface area contributed by atoms with Crippen LogP contribution in [0.4, 0.5) is 0 Å². The Morgan fingerprint density at radius 1 is 1.37 bits per heavy atom. The Hall–Kier alpha value is -0.610. The second kappa shape index (κ2) is 7.85. The van der Waals surface area contributed by atoms with Gasteiger partial charge in [0.25, 0.3) is 0 Å². The molecule has 1 rings (SSSR count). The maximum Gasteiger partial charge on any atom is 0.309 e. The molecule has 1 aliphatic carbocycles. The molecule has 0 heterocycles. The molecule has 1 aliphatic rings.